The summed E-state index contributed by atoms with van der Waals surface area (Å²) in [6, 6.07) is 12.4. The molecule has 6 rings (SSSR count). The molecule has 0 aromatic heterocycles. The van der Waals surface area contributed by atoms with Gasteiger partial charge in [-0.25, -0.2) is 0 Å². The summed E-state index contributed by atoms with van der Waals surface area (Å²) < 4.78 is 12.2. The van der Waals surface area contributed by atoms with Crippen LogP contribution < -0.4 is 10.6 Å². The minimum atomic E-state index is -2.06. The lowest BCUT2D eigenvalue weighted by molar-refractivity contribution is -0.248. The van der Waals surface area contributed by atoms with Crippen molar-refractivity contribution in [2.24, 2.45) is 0 Å². The average Bonchev–Trinajstić information content (AvgIpc) is 3.00. The van der Waals surface area contributed by atoms with Crippen molar-refractivity contribution in [1.29, 1.82) is 0 Å². The molecule has 46 heavy (non-hydrogen) atoms. The molecular weight excluding hydrogens is 616 g/mol. The standard InChI is InChI=1S/C33H32N2O10S/c1-14-27(38)19(35-32(46)34-16-7-4-3-5-8-16)11-22(44-14)45-21-13-33(43,15(2)36)12-18-24(21)31(42)26-25(29(18)40)28(39)17-9-6-10-20(37)23(17)30(26)41/h3-10,14,19,21-22,27,37-38,40,42-43H,11-13H2,1-2H3,(H2,34,35,46)/t14-,19-,21-,22-,27+,33-/m0/s1. The van der Waals surface area contributed by atoms with E-state index in [4.69, 9.17) is 21.7 Å². The minimum Gasteiger partial charge on any atom is -0.507 e. The molecule has 7 N–H and O–H groups in total. The molecule has 1 heterocycles. The van der Waals surface area contributed by atoms with Gasteiger partial charge in [-0.05, 0) is 44.3 Å². The third kappa shape index (κ3) is 5.29. The number of benzene rings is 3. The van der Waals surface area contributed by atoms with E-state index in [1.165, 1.54) is 25.1 Å². The molecule has 0 amide bonds. The smallest absolute Gasteiger partial charge is 0.202 e. The summed E-state index contributed by atoms with van der Waals surface area (Å²) in [6.45, 7) is 2.79. The summed E-state index contributed by atoms with van der Waals surface area (Å²) in [5.41, 5.74) is -3.09. The third-order valence-electron chi connectivity index (χ3n) is 8.90. The SMILES string of the molecule is CC(=O)[C@]1(O)Cc2c(O)c3c(c(O)c2[C@@H](O[C@H]2C[C@H](NC(=S)Nc4ccccc4)[C@H](O)[C@H](C)O2)C1)C(=O)c1c(O)cccc1C3=O. The molecule has 3 aromatic carbocycles. The van der Waals surface area contributed by atoms with E-state index < -0.39 is 88.4 Å². The number of aromatic hydroxyl groups is 3. The highest BCUT2D eigenvalue weighted by atomic mass is 32.1. The first-order chi connectivity index (χ1) is 21.8. The lowest BCUT2D eigenvalue weighted by Crippen LogP contribution is -2.56. The normalized spacial score (nSPS) is 26.8. The highest BCUT2D eigenvalue weighted by Crippen LogP contribution is 2.52. The number of carbonyl (C=O) groups is 3. The topological polar surface area (TPSA) is 195 Å². The molecule has 12 nitrogen and oxygen atoms in total. The van der Waals surface area contributed by atoms with Crippen LogP contribution in [0.25, 0.3) is 0 Å². The number of aliphatic hydroxyl groups excluding tert-OH is 1. The largest absolute Gasteiger partial charge is 0.507 e. The summed E-state index contributed by atoms with van der Waals surface area (Å²) in [5.74, 6) is -4.20. The van der Waals surface area contributed by atoms with Crippen LogP contribution in [0.4, 0.5) is 5.69 Å². The molecule has 1 aliphatic heterocycles. The lowest BCUT2D eigenvalue weighted by Gasteiger charge is -2.43. The molecule has 0 saturated carbocycles. The molecule has 13 heteroatoms. The second-order valence-corrected chi connectivity index (χ2v) is 12.3. The summed E-state index contributed by atoms with van der Waals surface area (Å²) >= 11 is 5.44. The fourth-order valence-corrected chi connectivity index (χ4v) is 6.74. The van der Waals surface area contributed by atoms with Crippen LogP contribution in [0.15, 0.2) is 48.5 Å². The monoisotopic (exact) mass is 648 g/mol. The van der Waals surface area contributed by atoms with E-state index in [-0.39, 0.29) is 40.2 Å². The molecule has 1 fully saturated rings. The number of para-hydroxylation sites is 1. The van der Waals surface area contributed by atoms with Gasteiger partial charge in [0.25, 0.3) is 0 Å². The fraction of sp³-hybridized carbons (Fsp3) is 0.333. The summed E-state index contributed by atoms with van der Waals surface area (Å²) in [5, 5.41) is 62.1. The molecule has 2 aliphatic carbocycles. The number of carbonyl (C=O) groups excluding carboxylic acids is 3. The quantitative estimate of drug-likeness (QED) is 0.123. The Bertz CT molecular complexity index is 1780. The molecular formula is C33H32N2O10S. The number of anilines is 1. The average molecular weight is 649 g/mol. The molecule has 1 saturated heterocycles. The number of thiocarbonyl (C=S) groups is 1. The van der Waals surface area contributed by atoms with Crippen molar-refractivity contribution in [3.8, 4) is 17.2 Å². The van der Waals surface area contributed by atoms with Crippen LogP contribution in [0.3, 0.4) is 0 Å². The van der Waals surface area contributed by atoms with Crippen LogP contribution in [-0.2, 0) is 20.7 Å². The zero-order valence-corrected chi connectivity index (χ0v) is 25.6. The Labute approximate surface area is 268 Å². The number of nitrogens with one attached hydrogen (secondary N) is 2. The first-order valence-electron chi connectivity index (χ1n) is 14.7. The molecule has 0 unspecified atom stereocenters. The maximum atomic E-state index is 13.6. The second-order valence-electron chi connectivity index (χ2n) is 11.9. The van der Waals surface area contributed by atoms with Gasteiger partial charge in [-0.1, -0.05) is 30.3 Å². The highest BCUT2D eigenvalue weighted by molar-refractivity contribution is 7.80. The predicted octanol–water partition coefficient (Wildman–Crippen LogP) is 2.75. The molecule has 0 bridgehead atoms. The summed E-state index contributed by atoms with van der Waals surface area (Å²) in [4.78, 5) is 39.8. The van der Waals surface area contributed by atoms with Gasteiger partial charge in [0.1, 0.15) is 29.0 Å². The summed E-state index contributed by atoms with van der Waals surface area (Å²) in [7, 11) is 0. The first-order valence-corrected chi connectivity index (χ1v) is 15.1. The van der Waals surface area contributed by atoms with Crippen molar-refractivity contribution in [3.63, 3.8) is 0 Å². The molecule has 0 radical (unpaired) electrons. The zero-order chi connectivity index (χ0) is 33.1. The summed E-state index contributed by atoms with van der Waals surface area (Å²) in [6.07, 6.45) is -4.99. The van der Waals surface area contributed by atoms with Crippen molar-refractivity contribution in [3.05, 3.63) is 81.9 Å². The Balaban J connectivity index is 1.36. The number of Topliss-reactive ketones (excluding diaryl/α,β-unsaturated/α-hetero) is 1. The minimum absolute atomic E-state index is 0.0306. The van der Waals surface area contributed by atoms with Gasteiger partial charge in [0, 0.05) is 41.6 Å². The maximum Gasteiger partial charge on any atom is 0.202 e. The number of aliphatic hydroxyl groups is 2. The molecule has 6 atom stereocenters. The predicted molar refractivity (Wildman–Crippen MR) is 167 cm³/mol. The van der Waals surface area contributed by atoms with Crippen molar-refractivity contribution in [1.82, 2.24) is 5.32 Å². The van der Waals surface area contributed by atoms with Gasteiger partial charge < -0.3 is 45.6 Å². The van der Waals surface area contributed by atoms with Gasteiger partial charge >= 0.3 is 0 Å². The van der Waals surface area contributed by atoms with E-state index in [0.717, 1.165) is 5.69 Å². The van der Waals surface area contributed by atoms with Crippen molar-refractivity contribution in [2.75, 3.05) is 5.32 Å². The van der Waals surface area contributed by atoms with Gasteiger partial charge in [0.15, 0.2) is 23.0 Å². The van der Waals surface area contributed by atoms with Gasteiger partial charge in [-0.3, -0.25) is 14.4 Å². The van der Waals surface area contributed by atoms with Crippen molar-refractivity contribution >= 4 is 40.4 Å². The van der Waals surface area contributed by atoms with E-state index in [2.05, 4.69) is 10.6 Å². The third-order valence-corrected chi connectivity index (χ3v) is 9.12. The Hall–Kier alpha value is -4.40. The van der Waals surface area contributed by atoms with E-state index in [1.54, 1.807) is 6.92 Å². The van der Waals surface area contributed by atoms with E-state index in [1.807, 2.05) is 30.3 Å². The van der Waals surface area contributed by atoms with Gasteiger partial charge in [0.05, 0.1) is 34.9 Å². The molecule has 240 valence electrons. The molecule has 0 spiro atoms. The van der Waals surface area contributed by atoms with Crippen LogP contribution in [-0.4, -0.2) is 78.1 Å². The number of hydrogen-bond acceptors (Lipinski definition) is 11. The number of phenolic OH excluding ortho intramolecular Hbond substituents is 3. The van der Waals surface area contributed by atoms with Crippen LogP contribution in [0.1, 0.15) is 75.8 Å². The van der Waals surface area contributed by atoms with E-state index >= 15 is 0 Å². The number of rotatable bonds is 5. The van der Waals surface area contributed by atoms with Crippen LogP contribution in [0.5, 0.6) is 17.2 Å². The van der Waals surface area contributed by atoms with E-state index in [0.29, 0.717) is 0 Å². The van der Waals surface area contributed by atoms with Crippen LogP contribution in [0.2, 0.25) is 0 Å². The Morgan fingerprint density at radius 3 is 2.39 bits per heavy atom. The van der Waals surface area contributed by atoms with Gasteiger partial charge in [0.2, 0.25) is 5.78 Å². The van der Waals surface area contributed by atoms with Crippen molar-refractivity contribution < 1.29 is 49.4 Å². The second kappa shape index (κ2) is 11.8. The lowest BCUT2D eigenvalue weighted by atomic mass is 9.72. The van der Waals surface area contributed by atoms with Crippen LogP contribution >= 0.6 is 12.2 Å². The van der Waals surface area contributed by atoms with Gasteiger partial charge in [-0.2, -0.15) is 0 Å². The van der Waals surface area contributed by atoms with E-state index in [9.17, 15) is 39.9 Å². The van der Waals surface area contributed by atoms with Crippen LogP contribution in [0, 0.1) is 0 Å². The maximum absolute atomic E-state index is 13.6. The molecule has 3 aliphatic rings. The Morgan fingerprint density at radius 2 is 1.70 bits per heavy atom. The Kier molecular flexibility index (Phi) is 8.07. The molecule has 3 aromatic rings. The number of hydrogen-bond donors (Lipinski definition) is 7. The van der Waals surface area contributed by atoms with Crippen molar-refractivity contribution in [2.45, 2.75) is 69.4 Å². The Morgan fingerprint density at radius 1 is 1.00 bits per heavy atom. The highest BCUT2D eigenvalue weighted by Gasteiger charge is 2.49. The number of ether oxygens (including phenoxy) is 2. The van der Waals surface area contributed by atoms with Gasteiger partial charge in [-0.15, -0.1) is 0 Å². The number of ketones is 3. The first kappa shape index (κ1) is 31.6. The number of fused-ring (bicyclic) bond motifs is 3. The number of phenols is 3. The zero-order valence-electron chi connectivity index (χ0n) is 24.8. The fourth-order valence-electron chi connectivity index (χ4n) is 6.47.